The maximum absolute atomic E-state index is 11.6. The second kappa shape index (κ2) is 15.4. The average Bonchev–Trinajstić information content (AvgIpc) is 3.17. The maximum atomic E-state index is 11.6. The molecule has 0 bridgehead atoms. The predicted molar refractivity (Wildman–Crippen MR) is 196 cm³/mol. The van der Waals surface area contributed by atoms with Gasteiger partial charge < -0.3 is 0 Å². The Hall–Kier alpha value is -5.38. The number of nitrogens with zero attached hydrogens (tertiary/aromatic N) is 4. The molecule has 1 aliphatic heterocycles. The third-order valence-electron chi connectivity index (χ3n) is 6.98. The molecule has 250 valence electrons. The van der Waals surface area contributed by atoms with Crippen molar-refractivity contribution < 1.29 is 27.8 Å². The van der Waals surface area contributed by atoms with Crippen LogP contribution in [0.4, 0.5) is 0 Å². The van der Waals surface area contributed by atoms with Crippen molar-refractivity contribution in [1.82, 2.24) is 9.21 Å². The molecule has 1 heterocycles. The van der Waals surface area contributed by atoms with E-state index in [0.29, 0.717) is 34.5 Å². The van der Waals surface area contributed by atoms with Gasteiger partial charge in [0.25, 0.3) is 0 Å². The summed E-state index contributed by atoms with van der Waals surface area (Å²) in [5, 5.41) is 11.6. The van der Waals surface area contributed by atoms with Crippen molar-refractivity contribution in [3.8, 4) is 40.3 Å². The van der Waals surface area contributed by atoms with Crippen LogP contribution in [0, 0.1) is 11.1 Å². The van der Waals surface area contributed by atoms with Crippen LogP contribution in [-0.2, 0) is 0 Å². The molecule has 6 aromatic rings. The summed E-state index contributed by atoms with van der Waals surface area (Å²) in [6.07, 6.45) is 0. The fourth-order valence-corrected chi connectivity index (χ4v) is 14.3. The second-order valence-corrected chi connectivity index (χ2v) is 17.2. The van der Waals surface area contributed by atoms with Crippen molar-refractivity contribution in [3.63, 3.8) is 0 Å². The topological polar surface area (TPSA) is 98.0 Å². The van der Waals surface area contributed by atoms with Crippen LogP contribution >= 0.6 is 23.9 Å². The molecule has 0 saturated heterocycles. The third kappa shape index (κ3) is 7.44. The van der Waals surface area contributed by atoms with Gasteiger partial charge in [0.05, 0.1) is 0 Å². The fraction of sp³-hybridized carbons (Fsp3) is 0. The Bertz CT molecular complexity index is 2020. The normalized spacial score (nSPS) is 17.1. The van der Waals surface area contributed by atoms with Crippen LogP contribution in [0.3, 0.4) is 0 Å². The predicted octanol–water partition coefficient (Wildman–Crippen LogP) is 11.1. The average molecular weight is 721 g/mol. The Morgan fingerprint density at radius 1 is 0.500 bits per heavy atom. The van der Waals surface area contributed by atoms with Crippen molar-refractivity contribution in [2.45, 2.75) is 0 Å². The van der Waals surface area contributed by atoms with E-state index in [4.69, 9.17) is 32.3 Å². The molecule has 7 rings (SSSR count). The van der Waals surface area contributed by atoms with Gasteiger partial charge in [-0.25, -0.2) is 0 Å². The van der Waals surface area contributed by atoms with E-state index in [-0.39, 0.29) is 0 Å². The first-order valence-electron chi connectivity index (χ1n) is 15.5. The van der Waals surface area contributed by atoms with Crippen LogP contribution in [0.15, 0.2) is 187 Å². The molecule has 0 amide bonds. The van der Waals surface area contributed by atoms with Gasteiger partial charge in [0.2, 0.25) is 0 Å². The zero-order valence-corrected chi connectivity index (χ0v) is 29.2. The summed E-state index contributed by atoms with van der Waals surface area (Å²) in [4.78, 5) is 13.4. The van der Waals surface area contributed by atoms with Gasteiger partial charge in [0.15, 0.2) is 0 Å². The summed E-state index contributed by atoms with van der Waals surface area (Å²) >= 11 is 0. The number of benzene rings is 6. The Balaban J connectivity index is 1.53. The van der Waals surface area contributed by atoms with E-state index in [1.54, 1.807) is 72.8 Å². The van der Waals surface area contributed by atoms with E-state index in [1.165, 1.54) is 9.21 Å². The van der Waals surface area contributed by atoms with Crippen molar-refractivity contribution in [1.29, 1.82) is 5.26 Å². The van der Waals surface area contributed by atoms with Crippen LogP contribution in [0.1, 0.15) is 0 Å². The number of rotatable bonds is 12. The van der Waals surface area contributed by atoms with E-state index in [2.05, 4.69) is 5.81 Å². The quantitative estimate of drug-likeness (QED) is 0.114. The SMILES string of the molecule is N#C[PH]1(Oc2ccccc2)N(Oc2ccccc2)P(Oc2ccccc2)N=P(Oc2ccccc2)(Oc2ccccc2)N1Oc1ccccc1. The summed E-state index contributed by atoms with van der Waals surface area (Å²) in [5.74, 6) is 5.05. The van der Waals surface area contributed by atoms with E-state index >= 15 is 0 Å². The van der Waals surface area contributed by atoms with Crippen LogP contribution in [0.5, 0.6) is 34.5 Å². The molecule has 0 saturated carbocycles. The first-order chi connectivity index (χ1) is 24.7. The van der Waals surface area contributed by atoms with E-state index < -0.39 is 23.9 Å². The third-order valence-corrected chi connectivity index (χ3v) is 15.6. The zero-order chi connectivity index (χ0) is 34.1. The zero-order valence-electron chi connectivity index (χ0n) is 26.5. The van der Waals surface area contributed by atoms with Crippen molar-refractivity contribution >= 4 is 23.9 Å². The standard InChI is InChI=1S/C37H31N4O6P3/c38-31-49(45-35-25-13-4-14-26-35)40(42-32-19-7-1-8-20-32)48(44-34-23-11-3-12-24-34)39-50(46-36-27-15-5-16-28-36,47-37-29-17-6-18-30-37)41(49)43-33-21-9-2-10-22-33/h1-30,49H. The number of hydrogen-bond acceptors (Lipinski definition) is 10. The molecule has 1 unspecified atom stereocenters. The number of para-hydroxylation sites is 6. The molecule has 50 heavy (non-hydrogen) atoms. The van der Waals surface area contributed by atoms with E-state index in [1.807, 2.05) is 109 Å². The first kappa shape index (κ1) is 33.1. The van der Waals surface area contributed by atoms with Gasteiger partial charge in [-0.15, -0.1) is 0 Å². The molecule has 1 atom stereocenters. The molecular formula is C37H31N4O6P3. The summed E-state index contributed by atoms with van der Waals surface area (Å²) in [7, 11) is -10.8. The molecule has 0 spiro atoms. The molecule has 1 aliphatic rings. The van der Waals surface area contributed by atoms with Crippen molar-refractivity contribution in [2.24, 2.45) is 4.52 Å². The van der Waals surface area contributed by atoms with Crippen molar-refractivity contribution in [2.75, 3.05) is 0 Å². The fourth-order valence-electron chi connectivity index (χ4n) is 4.74. The minimum atomic E-state index is -4.54. The Morgan fingerprint density at radius 2 is 0.880 bits per heavy atom. The van der Waals surface area contributed by atoms with Gasteiger partial charge in [-0.3, -0.25) is 0 Å². The first-order valence-corrected chi connectivity index (χ1v) is 20.0. The summed E-state index contributed by atoms with van der Waals surface area (Å²) in [6.45, 7) is 0. The van der Waals surface area contributed by atoms with Gasteiger partial charge in [-0.05, 0) is 0 Å². The molecule has 6 aromatic carbocycles. The second-order valence-electron chi connectivity index (χ2n) is 10.5. The van der Waals surface area contributed by atoms with Crippen LogP contribution in [0.25, 0.3) is 0 Å². The van der Waals surface area contributed by atoms with Crippen molar-refractivity contribution in [3.05, 3.63) is 182 Å². The Labute approximate surface area is 292 Å². The Kier molecular flexibility index (Phi) is 10.2. The molecular weight excluding hydrogens is 689 g/mol. The van der Waals surface area contributed by atoms with Gasteiger partial charge in [0.1, 0.15) is 0 Å². The van der Waals surface area contributed by atoms with Gasteiger partial charge in [-0.1, -0.05) is 0 Å². The molecule has 0 aromatic heterocycles. The van der Waals surface area contributed by atoms with E-state index in [9.17, 15) is 5.26 Å². The number of nitriles is 1. The summed E-state index contributed by atoms with van der Waals surface area (Å²) in [5.41, 5.74) is 0. The van der Waals surface area contributed by atoms with Gasteiger partial charge in [0, 0.05) is 0 Å². The number of hydrogen-bond donors (Lipinski definition) is 0. The molecule has 0 radical (unpaired) electrons. The molecule has 0 aliphatic carbocycles. The van der Waals surface area contributed by atoms with E-state index in [0.717, 1.165) is 0 Å². The molecule has 13 heteroatoms. The summed E-state index contributed by atoms with van der Waals surface area (Å²) in [6, 6.07) is 54.6. The summed E-state index contributed by atoms with van der Waals surface area (Å²) < 4.78 is 35.3. The minimum absolute atomic E-state index is 0.387. The Morgan fingerprint density at radius 3 is 1.32 bits per heavy atom. The molecule has 0 N–H and O–H groups in total. The monoisotopic (exact) mass is 720 g/mol. The van der Waals surface area contributed by atoms with Gasteiger partial charge >= 0.3 is 293 Å². The van der Waals surface area contributed by atoms with Crippen LogP contribution in [0.2, 0.25) is 0 Å². The van der Waals surface area contributed by atoms with Crippen LogP contribution in [-0.4, -0.2) is 9.21 Å². The molecule has 10 nitrogen and oxygen atoms in total. The van der Waals surface area contributed by atoms with Gasteiger partial charge in [-0.2, -0.15) is 0 Å². The molecule has 0 fully saturated rings. The van der Waals surface area contributed by atoms with Crippen LogP contribution < -0.4 is 27.8 Å².